The van der Waals surface area contributed by atoms with Crippen molar-refractivity contribution >= 4 is 91.5 Å². The van der Waals surface area contributed by atoms with Gasteiger partial charge in [0.2, 0.25) is 17.8 Å². The highest BCUT2D eigenvalue weighted by atomic mass is 32.2. The van der Waals surface area contributed by atoms with E-state index in [0.717, 1.165) is 192 Å². The summed E-state index contributed by atoms with van der Waals surface area (Å²) in [4.78, 5) is 69.0. The summed E-state index contributed by atoms with van der Waals surface area (Å²) in [7, 11) is 0. The van der Waals surface area contributed by atoms with E-state index >= 15 is 8.78 Å². The minimum Gasteiger partial charge on any atom is -0.370 e. The van der Waals surface area contributed by atoms with E-state index in [0.29, 0.717) is 64.5 Å². The first kappa shape index (κ1) is 83.3. The fraction of sp³-hybridized carbons (Fsp3) is 0.473. The lowest BCUT2D eigenvalue weighted by atomic mass is 10.0. The average Bonchev–Trinajstić information content (AvgIpc) is 1.65. The molecule has 3 aromatic carbocycles. The number of benzene rings is 3. The number of pyridine rings is 3. The topological polar surface area (TPSA) is 222 Å². The van der Waals surface area contributed by atoms with E-state index in [4.69, 9.17) is 24.9 Å². The van der Waals surface area contributed by atoms with Crippen molar-refractivity contribution in [1.82, 2.24) is 88.2 Å². The Morgan fingerprint density at radius 2 is 0.932 bits per heavy atom. The van der Waals surface area contributed by atoms with Crippen LogP contribution in [0.2, 0.25) is 0 Å². The number of fused-ring (bicyclic) bond motifs is 3. The molecular formula is C91H117F2N23S. The standard InChI is InChI=1S/C32H41FN8.C31H41FN8.C28H35N7S/c1-5-39(6-2)24-13-15-40(16-14-24)26-11-12-29(34-19-26)37-32-35-20-27(33)31(38-32)23-17-21(3)30-28(18-23)41(22(4)36-30)25-9-7-8-10-25;1-8-38(9-2)24-12-14-39(15-13-24)26-10-11-28(34-21(26)6)36-31-33-18-25(32)30(37-31)23-16-20(5)29-27(17-23)40(19(3)4)22(7)35-29;1-6-34-13-10-22(11-14-34)36-23-7-8-26(30-17-23)33-28-29-12-9-24(32-28)21-15-19(4)27-25(16-21)35(18(2)3)20(5)31-27/h11-12,17-20,24-25H,5-10,13-16H2,1-4H3,(H,34,35,37,38);10-11,16-19,24H,8-9,12-15H2,1-7H3,(H,33,34,36,37);7-9,12,15-18,22H,6,10-11,13-14H2,1-5H3,(H,29,30,32,33). The molecule has 3 N–H and O–H groups in total. The van der Waals surface area contributed by atoms with Crippen LogP contribution in [0.25, 0.3) is 66.9 Å². The van der Waals surface area contributed by atoms with Crippen LogP contribution in [0.5, 0.6) is 0 Å². The SMILES string of the molecule is CCN(CC)C1CCN(c2ccc(Nc3ncc(F)c(-c4cc(C)c5nc(C)n(C(C)C)c5c4)n3)nc2C)CC1.CCN(CC)C1CCN(c2ccc(Nc3ncc(F)c(-c4cc(C)c5nc(C)n(C6CCCC6)c5c4)n3)nc2)CC1.CCN1CCC(Sc2ccc(Nc3nccc(-c4cc(C)c5nc(C)n(C(C)C)c5c4)n3)nc2)CC1. The average molecular weight is 1600 g/mol. The number of aromatic nitrogens is 15. The normalized spacial score (nSPS) is 15.5. The molecule has 0 radical (unpaired) electrons. The number of anilines is 8. The summed E-state index contributed by atoms with van der Waals surface area (Å²) in [6.45, 7) is 46.2. The molecule has 26 heteroatoms. The fourth-order valence-electron chi connectivity index (χ4n) is 18.1. The smallest absolute Gasteiger partial charge is 0.229 e. The summed E-state index contributed by atoms with van der Waals surface area (Å²) in [6, 6.07) is 28.8. The third-order valence-corrected chi connectivity index (χ3v) is 25.4. The minimum atomic E-state index is -0.468. The van der Waals surface area contributed by atoms with Crippen molar-refractivity contribution in [3.63, 3.8) is 0 Å². The number of imidazole rings is 3. The third kappa shape index (κ3) is 18.9. The number of halogens is 2. The van der Waals surface area contributed by atoms with Crippen LogP contribution in [-0.2, 0) is 0 Å². The molecule has 0 bridgehead atoms. The van der Waals surface area contributed by atoms with E-state index in [9.17, 15) is 0 Å². The number of piperidine rings is 3. The fourth-order valence-corrected chi connectivity index (χ4v) is 19.2. The Hall–Kier alpha value is -10.2. The summed E-state index contributed by atoms with van der Waals surface area (Å²) in [5, 5.41) is 10.3. The van der Waals surface area contributed by atoms with E-state index < -0.39 is 11.6 Å². The number of thioether (sulfide) groups is 1. The lowest BCUT2D eigenvalue weighted by Crippen LogP contribution is -2.45. The van der Waals surface area contributed by atoms with E-state index in [2.05, 4.69) is 202 Å². The maximum Gasteiger partial charge on any atom is 0.229 e. The maximum absolute atomic E-state index is 15.1. The summed E-state index contributed by atoms with van der Waals surface area (Å²) in [5.74, 6) is 5.25. The molecule has 4 fully saturated rings. The molecule has 12 aromatic rings. The van der Waals surface area contributed by atoms with Crippen LogP contribution in [0.4, 0.5) is 55.5 Å². The van der Waals surface area contributed by atoms with Crippen LogP contribution in [0, 0.1) is 60.1 Å². The van der Waals surface area contributed by atoms with Crippen molar-refractivity contribution in [3.8, 4) is 33.8 Å². The number of likely N-dealkylation sites (tertiary alicyclic amines) is 1. The lowest BCUT2D eigenvalue weighted by molar-refractivity contribution is 0.186. The Morgan fingerprint density at radius 1 is 0.453 bits per heavy atom. The third-order valence-electron chi connectivity index (χ3n) is 24.0. The molecule has 9 aromatic heterocycles. The molecule has 0 spiro atoms. The van der Waals surface area contributed by atoms with Crippen molar-refractivity contribution in [2.75, 3.05) is 97.7 Å². The van der Waals surface area contributed by atoms with Crippen LogP contribution in [0.15, 0.2) is 115 Å². The largest absolute Gasteiger partial charge is 0.370 e. The van der Waals surface area contributed by atoms with Gasteiger partial charge in [-0.25, -0.2) is 68.6 Å². The summed E-state index contributed by atoms with van der Waals surface area (Å²) in [6.07, 6.45) is 20.0. The van der Waals surface area contributed by atoms with Crippen LogP contribution in [0.3, 0.4) is 0 Å². The summed E-state index contributed by atoms with van der Waals surface area (Å²) in [5.41, 5.74) is 16.4. The van der Waals surface area contributed by atoms with Gasteiger partial charge >= 0.3 is 0 Å². The highest BCUT2D eigenvalue weighted by molar-refractivity contribution is 8.00. The van der Waals surface area contributed by atoms with Gasteiger partial charge in [0.1, 0.15) is 46.3 Å². The highest BCUT2D eigenvalue weighted by Gasteiger charge is 2.29. The second-order valence-corrected chi connectivity index (χ2v) is 33.7. The van der Waals surface area contributed by atoms with Gasteiger partial charge in [-0.2, -0.15) is 0 Å². The first-order valence-electron chi connectivity index (χ1n) is 42.5. The van der Waals surface area contributed by atoms with Gasteiger partial charge in [0.05, 0.1) is 74.5 Å². The number of rotatable bonds is 23. The molecule has 16 rings (SSSR count). The quantitative estimate of drug-likeness (QED) is 0.0542. The first-order chi connectivity index (χ1) is 56.5. The van der Waals surface area contributed by atoms with Crippen molar-refractivity contribution in [2.45, 2.75) is 215 Å². The summed E-state index contributed by atoms with van der Waals surface area (Å²) < 4.78 is 36.9. The Morgan fingerprint density at radius 3 is 1.44 bits per heavy atom. The number of hydrogen-bond acceptors (Lipinski definition) is 21. The molecule has 1 aliphatic carbocycles. The second kappa shape index (κ2) is 37.2. The molecule has 0 amide bonds. The number of hydrogen-bond donors (Lipinski definition) is 3. The molecule has 4 aliphatic rings. The zero-order valence-corrected chi connectivity index (χ0v) is 72.1. The Kier molecular flexibility index (Phi) is 26.5. The van der Waals surface area contributed by atoms with Crippen LogP contribution in [-0.4, -0.2) is 178 Å². The molecule has 3 aliphatic heterocycles. The molecule has 23 nitrogen and oxygen atoms in total. The first-order valence-corrected chi connectivity index (χ1v) is 43.4. The minimum absolute atomic E-state index is 0.234. The molecular weight excluding hydrogens is 1490 g/mol. The van der Waals surface area contributed by atoms with Crippen molar-refractivity contribution in [3.05, 3.63) is 161 Å². The van der Waals surface area contributed by atoms with E-state index in [1.165, 1.54) is 68.9 Å². The second-order valence-electron chi connectivity index (χ2n) is 32.3. The Balaban J connectivity index is 0.000000145. The highest BCUT2D eigenvalue weighted by Crippen LogP contribution is 2.39. The van der Waals surface area contributed by atoms with Gasteiger partial charge in [-0.15, -0.1) is 11.8 Å². The van der Waals surface area contributed by atoms with Gasteiger partial charge < -0.3 is 54.2 Å². The monoisotopic (exact) mass is 1600 g/mol. The number of nitrogens with zero attached hydrogens (tertiary/aromatic N) is 20. The van der Waals surface area contributed by atoms with Crippen molar-refractivity contribution in [2.24, 2.45) is 0 Å². The van der Waals surface area contributed by atoms with E-state index in [1.54, 1.807) is 6.20 Å². The van der Waals surface area contributed by atoms with E-state index in [1.807, 2.05) is 100 Å². The van der Waals surface area contributed by atoms with Crippen molar-refractivity contribution in [1.29, 1.82) is 0 Å². The number of nitrogens with one attached hydrogen (secondary N) is 3. The van der Waals surface area contributed by atoms with Crippen molar-refractivity contribution < 1.29 is 8.78 Å². The van der Waals surface area contributed by atoms with Gasteiger partial charge in [-0.1, -0.05) is 47.5 Å². The molecule has 117 heavy (non-hydrogen) atoms. The molecule has 0 unspecified atom stereocenters. The maximum atomic E-state index is 15.1. The van der Waals surface area contributed by atoms with Gasteiger partial charge in [0.15, 0.2) is 11.6 Å². The van der Waals surface area contributed by atoms with Gasteiger partial charge in [0, 0.05) is 95.6 Å². The Bertz CT molecular complexity index is 5390. The van der Waals surface area contributed by atoms with Crippen LogP contribution < -0.4 is 25.8 Å². The summed E-state index contributed by atoms with van der Waals surface area (Å²) >= 11 is 1.94. The molecule has 0 atom stereocenters. The van der Waals surface area contributed by atoms with Gasteiger partial charge in [-0.05, 0) is 269 Å². The molecule has 1 saturated carbocycles. The predicted octanol–water partition coefficient (Wildman–Crippen LogP) is 19.8. The number of aryl methyl sites for hydroxylation is 7. The lowest BCUT2D eigenvalue weighted by Gasteiger charge is -2.39. The van der Waals surface area contributed by atoms with E-state index in [-0.39, 0.29) is 17.4 Å². The van der Waals surface area contributed by atoms with Crippen LogP contribution >= 0.6 is 11.8 Å². The Labute approximate surface area is 692 Å². The van der Waals surface area contributed by atoms with Gasteiger partial charge in [-0.3, -0.25) is 0 Å². The molecule has 12 heterocycles. The van der Waals surface area contributed by atoms with Gasteiger partial charge in [0.25, 0.3) is 0 Å². The zero-order chi connectivity index (χ0) is 82.3. The van der Waals surface area contributed by atoms with Crippen LogP contribution in [0.1, 0.15) is 185 Å². The predicted molar refractivity (Wildman–Crippen MR) is 473 cm³/mol. The molecule has 3 saturated heterocycles. The zero-order valence-electron chi connectivity index (χ0n) is 71.3. The molecule has 616 valence electrons.